The molecule has 1 unspecified atom stereocenters. The van der Waals surface area contributed by atoms with Crippen LogP contribution >= 0.6 is 0 Å². The number of hydrogen-bond donors (Lipinski definition) is 0. The molecule has 1 aliphatic heterocycles. The lowest BCUT2D eigenvalue weighted by Crippen LogP contribution is -2.27. The van der Waals surface area contributed by atoms with Gasteiger partial charge in [0.25, 0.3) is 0 Å². The van der Waals surface area contributed by atoms with Crippen molar-refractivity contribution in [1.29, 1.82) is 0 Å². The molecular weight excluding hydrogens is 196 g/mol. The minimum Gasteiger partial charge on any atom is -0.305 e. The summed E-state index contributed by atoms with van der Waals surface area (Å²) in [7, 11) is 2.00. The van der Waals surface area contributed by atoms with Crippen LogP contribution in [0.3, 0.4) is 0 Å². The lowest BCUT2D eigenvalue weighted by Gasteiger charge is -2.24. The molecule has 1 aliphatic rings. The maximum absolute atomic E-state index is 13.6. The van der Waals surface area contributed by atoms with Crippen molar-refractivity contribution in [2.45, 2.75) is 18.8 Å². The molecule has 1 aromatic rings. The van der Waals surface area contributed by atoms with E-state index >= 15 is 0 Å². The summed E-state index contributed by atoms with van der Waals surface area (Å²) in [6.45, 7) is 3.72. The van der Waals surface area contributed by atoms with E-state index in [1.54, 1.807) is 12.1 Å². The lowest BCUT2D eigenvalue weighted by atomic mass is 9.81. The third-order valence-electron chi connectivity index (χ3n) is 3.27. The Hall–Kier alpha value is -0.960. The topological polar surface area (TPSA) is 3.24 Å². The fourth-order valence-corrected chi connectivity index (χ4v) is 2.38. The highest BCUT2D eigenvalue weighted by Crippen LogP contribution is 2.35. The normalized spacial score (nSPS) is 27.2. The first-order chi connectivity index (χ1) is 7.03. The molecule has 0 amide bonds. The van der Waals surface area contributed by atoms with E-state index < -0.39 is 11.6 Å². The van der Waals surface area contributed by atoms with Crippen molar-refractivity contribution >= 4 is 0 Å². The second-order valence-corrected chi connectivity index (χ2v) is 4.65. The Morgan fingerprint density at radius 3 is 2.67 bits per heavy atom. The summed E-state index contributed by atoms with van der Waals surface area (Å²) in [6.07, 6.45) is 0.879. The van der Waals surface area contributed by atoms with Gasteiger partial charge in [-0.25, -0.2) is 8.78 Å². The van der Waals surface area contributed by atoms with Crippen LogP contribution in [0, 0.1) is 11.6 Å². The van der Waals surface area contributed by atoms with Gasteiger partial charge in [0.1, 0.15) is 0 Å². The monoisotopic (exact) mass is 211 g/mol. The first-order valence-electron chi connectivity index (χ1n) is 5.16. The van der Waals surface area contributed by atoms with E-state index in [1.807, 2.05) is 14.0 Å². The zero-order chi connectivity index (χ0) is 11.1. The van der Waals surface area contributed by atoms with Gasteiger partial charge in [-0.2, -0.15) is 0 Å². The molecule has 0 aliphatic carbocycles. The first kappa shape index (κ1) is 10.6. The number of rotatable bonds is 1. The number of halogens is 2. The summed E-state index contributed by atoms with van der Waals surface area (Å²) in [6, 6.07) is 4.44. The Balaban J connectivity index is 2.41. The maximum atomic E-state index is 13.6. The molecule has 0 aromatic heterocycles. The van der Waals surface area contributed by atoms with E-state index in [-0.39, 0.29) is 5.41 Å². The van der Waals surface area contributed by atoms with Crippen molar-refractivity contribution in [2.24, 2.45) is 0 Å². The standard InChI is InChI=1S/C12H15F2N/c1-12(6-7-15(2)8-12)9-4-3-5-10(13)11(9)14/h3-5H,6-8H2,1-2H3. The van der Waals surface area contributed by atoms with Gasteiger partial charge in [0.15, 0.2) is 11.6 Å². The van der Waals surface area contributed by atoms with Gasteiger partial charge in [-0.05, 0) is 31.6 Å². The number of likely N-dealkylation sites (tertiary alicyclic amines) is 1. The molecule has 1 aromatic carbocycles. The molecule has 1 nitrogen and oxygen atoms in total. The van der Waals surface area contributed by atoms with Gasteiger partial charge in [-0.1, -0.05) is 19.1 Å². The van der Waals surface area contributed by atoms with Gasteiger partial charge in [-0.15, -0.1) is 0 Å². The average molecular weight is 211 g/mol. The highest BCUT2D eigenvalue weighted by atomic mass is 19.2. The van der Waals surface area contributed by atoms with Crippen LogP contribution in [0.25, 0.3) is 0 Å². The molecule has 1 heterocycles. The Morgan fingerprint density at radius 2 is 2.07 bits per heavy atom. The van der Waals surface area contributed by atoms with E-state index in [4.69, 9.17) is 0 Å². The van der Waals surface area contributed by atoms with Gasteiger partial charge < -0.3 is 4.90 Å². The molecule has 0 radical (unpaired) electrons. The molecule has 0 N–H and O–H groups in total. The quantitative estimate of drug-likeness (QED) is 0.690. The predicted octanol–water partition coefficient (Wildman–Crippen LogP) is 2.56. The summed E-state index contributed by atoms with van der Waals surface area (Å²) >= 11 is 0. The van der Waals surface area contributed by atoms with Crippen molar-refractivity contribution in [3.05, 3.63) is 35.4 Å². The zero-order valence-electron chi connectivity index (χ0n) is 9.06. The second-order valence-electron chi connectivity index (χ2n) is 4.65. The van der Waals surface area contributed by atoms with Crippen LogP contribution in [0.1, 0.15) is 18.9 Å². The van der Waals surface area contributed by atoms with Crippen LogP contribution in [-0.2, 0) is 5.41 Å². The molecule has 3 heteroatoms. The molecule has 0 bridgehead atoms. The predicted molar refractivity (Wildman–Crippen MR) is 55.8 cm³/mol. The third-order valence-corrected chi connectivity index (χ3v) is 3.27. The minimum atomic E-state index is -0.747. The summed E-state index contributed by atoms with van der Waals surface area (Å²) in [5.74, 6) is -1.43. The zero-order valence-corrected chi connectivity index (χ0v) is 9.06. The largest absolute Gasteiger partial charge is 0.305 e. The summed E-state index contributed by atoms with van der Waals surface area (Å²) < 4.78 is 26.7. The molecule has 0 spiro atoms. The van der Waals surface area contributed by atoms with E-state index in [0.29, 0.717) is 5.56 Å². The molecule has 1 atom stereocenters. The number of nitrogens with zero attached hydrogens (tertiary/aromatic N) is 1. The molecule has 15 heavy (non-hydrogen) atoms. The van der Waals surface area contributed by atoms with Crippen LogP contribution in [0.2, 0.25) is 0 Å². The first-order valence-corrected chi connectivity index (χ1v) is 5.16. The van der Waals surface area contributed by atoms with Gasteiger partial charge in [0.2, 0.25) is 0 Å². The van der Waals surface area contributed by atoms with Crippen molar-refractivity contribution in [3.63, 3.8) is 0 Å². The fourth-order valence-electron chi connectivity index (χ4n) is 2.38. The van der Waals surface area contributed by atoms with E-state index in [2.05, 4.69) is 4.90 Å². The Labute approximate surface area is 88.7 Å². The van der Waals surface area contributed by atoms with Gasteiger partial charge in [0, 0.05) is 12.0 Å². The lowest BCUT2D eigenvalue weighted by molar-refractivity contribution is 0.371. The smallest absolute Gasteiger partial charge is 0.162 e. The highest BCUT2D eigenvalue weighted by Gasteiger charge is 2.36. The van der Waals surface area contributed by atoms with Crippen molar-refractivity contribution in [3.8, 4) is 0 Å². The summed E-state index contributed by atoms with van der Waals surface area (Å²) in [5, 5.41) is 0. The highest BCUT2D eigenvalue weighted by molar-refractivity contribution is 5.29. The SMILES string of the molecule is CN1CCC(C)(c2cccc(F)c2F)C1. The minimum absolute atomic E-state index is 0.249. The van der Waals surface area contributed by atoms with Gasteiger partial charge in [-0.3, -0.25) is 0 Å². The van der Waals surface area contributed by atoms with Crippen LogP contribution in [-0.4, -0.2) is 25.0 Å². The Kier molecular flexibility index (Phi) is 2.51. The number of hydrogen-bond acceptors (Lipinski definition) is 1. The number of likely N-dealkylation sites (N-methyl/N-ethyl adjacent to an activating group) is 1. The van der Waals surface area contributed by atoms with Crippen molar-refractivity contribution in [2.75, 3.05) is 20.1 Å². The summed E-state index contributed by atoms with van der Waals surface area (Å²) in [5.41, 5.74) is 0.257. The Bertz CT molecular complexity index is 378. The fraction of sp³-hybridized carbons (Fsp3) is 0.500. The summed E-state index contributed by atoms with van der Waals surface area (Å²) in [4.78, 5) is 2.14. The molecule has 2 rings (SSSR count). The van der Waals surface area contributed by atoms with E-state index in [9.17, 15) is 8.78 Å². The van der Waals surface area contributed by atoms with E-state index in [0.717, 1.165) is 19.5 Å². The van der Waals surface area contributed by atoms with Crippen LogP contribution in [0.4, 0.5) is 8.78 Å². The van der Waals surface area contributed by atoms with Gasteiger partial charge in [0.05, 0.1) is 0 Å². The van der Waals surface area contributed by atoms with Crippen LogP contribution in [0.15, 0.2) is 18.2 Å². The molecule has 82 valence electrons. The molecule has 1 fully saturated rings. The van der Waals surface area contributed by atoms with Crippen LogP contribution < -0.4 is 0 Å². The maximum Gasteiger partial charge on any atom is 0.162 e. The van der Waals surface area contributed by atoms with Crippen LogP contribution in [0.5, 0.6) is 0 Å². The second kappa shape index (κ2) is 3.56. The average Bonchev–Trinajstić information content (AvgIpc) is 2.52. The third kappa shape index (κ3) is 1.76. The molecule has 1 saturated heterocycles. The molecular formula is C12H15F2N. The number of benzene rings is 1. The van der Waals surface area contributed by atoms with E-state index in [1.165, 1.54) is 6.07 Å². The Morgan fingerprint density at radius 1 is 1.33 bits per heavy atom. The van der Waals surface area contributed by atoms with Gasteiger partial charge >= 0.3 is 0 Å². The van der Waals surface area contributed by atoms with Crippen molar-refractivity contribution < 1.29 is 8.78 Å². The molecule has 0 saturated carbocycles. The van der Waals surface area contributed by atoms with Crippen molar-refractivity contribution in [1.82, 2.24) is 4.90 Å².